The fourth-order valence-corrected chi connectivity index (χ4v) is 4.17. The zero-order valence-corrected chi connectivity index (χ0v) is 15.1. The van der Waals surface area contributed by atoms with E-state index in [1.165, 1.54) is 0 Å². The molecule has 0 saturated carbocycles. The van der Waals surface area contributed by atoms with E-state index >= 15 is 0 Å². The lowest BCUT2D eigenvalue weighted by atomic mass is 10.1. The molecule has 7 heteroatoms. The minimum atomic E-state index is -3.16. The van der Waals surface area contributed by atoms with Gasteiger partial charge in [-0.05, 0) is 30.0 Å². The lowest BCUT2D eigenvalue weighted by Gasteiger charge is -2.08. The first-order chi connectivity index (χ1) is 10.2. The topological polar surface area (TPSA) is 63.2 Å². The Hall–Kier alpha value is -0.780. The Morgan fingerprint density at radius 2 is 1.95 bits per heavy atom. The van der Waals surface area contributed by atoms with Crippen LogP contribution in [0.1, 0.15) is 25.8 Å². The molecule has 0 radical (unpaired) electrons. The van der Waals surface area contributed by atoms with E-state index in [0.29, 0.717) is 23.0 Å². The molecule has 0 heterocycles. The van der Waals surface area contributed by atoms with E-state index < -0.39 is 9.84 Å². The highest BCUT2D eigenvalue weighted by Gasteiger charge is 2.15. The van der Waals surface area contributed by atoms with Crippen molar-refractivity contribution in [2.45, 2.75) is 26.7 Å². The van der Waals surface area contributed by atoms with Crippen molar-refractivity contribution in [3.63, 3.8) is 0 Å². The monoisotopic (exact) mass is 365 g/mol. The molecule has 0 spiro atoms. The lowest BCUT2D eigenvalue weighted by molar-refractivity contribution is -0.120. The van der Waals surface area contributed by atoms with Crippen LogP contribution in [0.2, 0.25) is 10.0 Å². The van der Waals surface area contributed by atoms with Crippen LogP contribution in [-0.4, -0.2) is 32.4 Å². The largest absolute Gasteiger partial charge is 0.356 e. The summed E-state index contributed by atoms with van der Waals surface area (Å²) >= 11 is 11.8. The first-order valence-corrected chi connectivity index (χ1v) is 9.68. The minimum Gasteiger partial charge on any atom is -0.356 e. The predicted molar refractivity (Wildman–Crippen MR) is 91.3 cm³/mol. The van der Waals surface area contributed by atoms with Crippen molar-refractivity contribution in [3.05, 3.63) is 33.8 Å². The number of rotatable bonds is 8. The zero-order chi connectivity index (χ0) is 16.8. The number of hydrogen-bond acceptors (Lipinski definition) is 3. The number of carbonyl (C=O) groups excluding carboxylic acids is 1. The summed E-state index contributed by atoms with van der Waals surface area (Å²) < 4.78 is 23.4. The Bertz CT molecular complexity index is 615. The molecule has 4 nitrogen and oxygen atoms in total. The molecule has 1 aromatic rings. The Kier molecular flexibility index (Phi) is 7.66. The highest BCUT2D eigenvalue weighted by molar-refractivity contribution is 7.91. The fraction of sp³-hybridized carbons (Fsp3) is 0.533. The van der Waals surface area contributed by atoms with Crippen molar-refractivity contribution >= 4 is 38.9 Å². The van der Waals surface area contributed by atoms with Crippen molar-refractivity contribution in [2.24, 2.45) is 5.92 Å². The Balaban J connectivity index is 2.35. The molecule has 124 valence electrons. The van der Waals surface area contributed by atoms with Crippen molar-refractivity contribution in [1.82, 2.24) is 5.32 Å². The van der Waals surface area contributed by atoms with E-state index in [9.17, 15) is 13.2 Å². The maximum atomic E-state index is 11.7. The standard InChI is InChI=1S/C15H21Cl2NO3S/c1-11(2)10-22(20,21)8-6-15(19)18-7-5-12-3-4-13(16)9-14(12)17/h3-4,9,11H,5-8,10H2,1-2H3,(H,18,19). The number of sulfone groups is 1. The van der Waals surface area contributed by atoms with Crippen LogP contribution in [0, 0.1) is 5.92 Å². The molecule has 22 heavy (non-hydrogen) atoms. The van der Waals surface area contributed by atoms with Gasteiger partial charge in [-0.15, -0.1) is 0 Å². The average molecular weight is 366 g/mol. The van der Waals surface area contributed by atoms with E-state index in [1.54, 1.807) is 12.1 Å². The molecule has 1 N–H and O–H groups in total. The summed E-state index contributed by atoms with van der Waals surface area (Å²) in [6.07, 6.45) is 0.559. The van der Waals surface area contributed by atoms with E-state index in [1.807, 2.05) is 19.9 Å². The third-order valence-electron chi connectivity index (χ3n) is 2.96. The summed E-state index contributed by atoms with van der Waals surface area (Å²) in [5.41, 5.74) is 0.888. The summed E-state index contributed by atoms with van der Waals surface area (Å²) in [7, 11) is -3.16. The van der Waals surface area contributed by atoms with Gasteiger partial charge in [-0.2, -0.15) is 0 Å². The number of hydrogen-bond donors (Lipinski definition) is 1. The Labute approximate surface area is 142 Å². The van der Waals surface area contributed by atoms with Gasteiger partial charge in [0.15, 0.2) is 9.84 Å². The molecule has 0 aliphatic carbocycles. The normalized spacial score (nSPS) is 11.7. The van der Waals surface area contributed by atoms with Gasteiger partial charge in [-0.1, -0.05) is 43.1 Å². The van der Waals surface area contributed by atoms with Crippen LogP contribution in [0.3, 0.4) is 0 Å². The second-order valence-corrected chi connectivity index (χ2v) is 8.67. The number of nitrogens with one attached hydrogen (secondary N) is 1. The van der Waals surface area contributed by atoms with Crippen molar-refractivity contribution < 1.29 is 13.2 Å². The number of halogens is 2. The van der Waals surface area contributed by atoms with Crippen LogP contribution < -0.4 is 5.32 Å². The van der Waals surface area contributed by atoms with Crippen molar-refractivity contribution in [2.75, 3.05) is 18.1 Å². The van der Waals surface area contributed by atoms with Crippen LogP contribution in [0.25, 0.3) is 0 Å². The number of carbonyl (C=O) groups is 1. The third kappa shape index (κ3) is 7.47. The third-order valence-corrected chi connectivity index (χ3v) is 5.55. The summed E-state index contributed by atoms with van der Waals surface area (Å²) in [4.78, 5) is 11.7. The Morgan fingerprint density at radius 3 is 2.55 bits per heavy atom. The molecule has 1 rings (SSSR count). The van der Waals surface area contributed by atoms with Crippen molar-refractivity contribution in [1.29, 1.82) is 0 Å². The first-order valence-electron chi connectivity index (χ1n) is 7.10. The quantitative estimate of drug-likeness (QED) is 0.769. The van der Waals surface area contributed by atoms with Gasteiger partial charge in [0.25, 0.3) is 0 Å². The summed E-state index contributed by atoms with van der Waals surface area (Å²) in [6, 6.07) is 5.20. The van der Waals surface area contributed by atoms with Gasteiger partial charge in [0.1, 0.15) is 0 Å². The lowest BCUT2D eigenvalue weighted by Crippen LogP contribution is -2.28. The minimum absolute atomic E-state index is 0.0105. The van der Waals surface area contributed by atoms with E-state index in [4.69, 9.17) is 23.2 Å². The van der Waals surface area contributed by atoms with Crippen LogP contribution in [0.5, 0.6) is 0 Å². The second-order valence-electron chi connectivity index (χ2n) is 5.59. The van der Waals surface area contributed by atoms with Crippen LogP contribution in [-0.2, 0) is 21.1 Å². The molecular weight excluding hydrogens is 345 g/mol. The van der Waals surface area contributed by atoms with Gasteiger partial charge in [-0.25, -0.2) is 8.42 Å². The van der Waals surface area contributed by atoms with Crippen LogP contribution >= 0.6 is 23.2 Å². The molecule has 0 bridgehead atoms. The highest BCUT2D eigenvalue weighted by atomic mass is 35.5. The van der Waals surface area contributed by atoms with Gasteiger partial charge in [-0.3, -0.25) is 4.79 Å². The molecule has 0 saturated heterocycles. The maximum absolute atomic E-state index is 11.7. The van der Waals surface area contributed by atoms with E-state index in [0.717, 1.165) is 5.56 Å². The molecule has 0 aromatic heterocycles. The fourth-order valence-electron chi connectivity index (χ4n) is 1.99. The van der Waals surface area contributed by atoms with Gasteiger partial charge in [0.05, 0.1) is 11.5 Å². The maximum Gasteiger partial charge on any atom is 0.221 e. The second kappa shape index (κ2) is 8.75. The molecule has 1 amide bonds. The molecule has 0 aliphatic rings. The molecule has 0 atom stereocenters. The predicted octanol–water partition coefficient (Wildman–Crippen LogP) is 3.11. The molecule has 0 unspecified atom stereocenters. The van der Waals surface area contributed by atoms with E-state index in [2.05, 4.69) is 5.32 Å². The van der Waals surface area contributed by atoms with Gasteiger partial charge in [0, 0.05) is 23.0 Å². The molecule has 1 aromatic carbocycles. The van der Waals surface area contributed by atoms with Gasteiger partial charge in [0.2, 0.25) is 5.91 Å². The summed E-state index contributed by atoms with van der Waals surface area (Å²) in [5.74, 6) is -0.197. The van der Waals surface area contributed by atoms with Crippen LogP contribution in [0.4, 0.5) is 0 Å². The van der Waals surface area contributed by atoms with Crippen LogP contribution in [0.15, 0.2) is 18.2 Å². The van der Waals surface area contributed by atoms with Crippen molar-refractivity contribution in [3.8, 4) is 0 Å². The number of amides is 1. The summed E-state index contributed by atoms with van der Waals surface area (Å²) in [5, 5.41) is 3.82. The highest BCUT2D eigenvalue weighted by Crippen LogP contribution is 2.21. The smallest absolute Gasteiger partial charge is 0.221 e. The molecule has 0 fully saturated rings. The summed E-state index contributed by atoms with van der Waals surface area (Å²) in [6.45, 7) is 4.09. The molecular formula is C15H21Cl2NO3S. The average Bonchev–Trinajstić information content (AvgIpc) is 2.37. The Morgan fingerprint density at radius 1 is 1.27 bits per heavy atom. The zero-order valence-electron chi connectivity index (χ0n) is 12.7. The first kappa shape index (κ1) is 19.3. The number of benzene rings is 1. The van der Waals surface area contributed by atoms with E-state index in [-0.39, 0.29) is 29.8 Å². The van der Waals surface area contributed by atoms with Gasteiger partial charge < -0.3 is 5.32 Å². The SMILES string of the molecule is CC(C)CS(=O)(=O)CCC(=O)NCCc1ccc(Cl)cc1Cl. The molecule has 0 aliphatic heterocycles. The van der Waals surface area contributed by atoms with Gasteiger partial charge >= 0.3 is 0 Å².